The summed E-state index contributed by atoms with van der Waals surface area (Å²) in [6.45, 7) is 0. The first-order valence-corrected chi connectivity index (χ1v) is 7.83. The number of fused-ring (bicyclic) bond motifs is 2. The van der Waals surface area contributed by atoms with E-state index in [0.717, 1.165) is 34.4 Å². The highest BCUT2D eigenvalue weighted by Gasteiger charge is 2.05. The van der Waals surface area contributed by atoms with E-state index in [9.17, 15) is 9.59 Å². The molecule has 0 unspecified atom stereocenters. The lowest BCUT2D eigenvalue weighted by atomic mass is 10.2. The quantitative estimate of drug-likeness (QED) is 0.479. The number of aromatic nitrogens is 2. The van der Waals surface area contributed by atoms with Gasteiger partial charge in [-0.3, -0.25) is 9.59 Å². The Hall–Kier alpha value is -2.56. The standard InChI is InChI=1S/2C9H6ClNO/c2*10-7-2-1-3-8-9(7)6(5-12)4-11-8/h2*1-5,11H. The average Bonchev–Trinajstić information content (AvgIpc) is 3.20. The van der Waals surface area contributed by atoms with Gasteiger partial charge in [0, 0.05) is 45.3 Å². The number of carbonyl (C=O) groups is 2. The van der Waals surface area contributed by atoms with E-state index >= 15 is 0 Å². The van der Waals surface area contributed by atoms with Crippen LogP contribution in [0.3, 0.4) is 0 Å². The molecule has 0 amide bonds. The lowest BCUT2D eigenvalue weighted by Crippen LogP contribution is -1.75. The summed E-state index contributed by atoms with van der Waals surface area (Å²) in [5, 5.41) is 2.81. The van der Waals surface area contributed by atoms with Crippen molar-refractivity contribution in [2.45, 2.75) is 0 Å². The normalized spacial score (nSPS) is 10.4. The van der Waals surface area contributed by atoms with E-state index in [1.54, 1.807) is 24.5 Å². The molecular formula is C18H12Cl2N2O2. The second-order valence-electron chi connectivity index (χ2n) is 5.05. The number of hydrogen-bond acceptors (Lipinski definition) is 2. The first-order valence-electron chi connectivity index (χ1n) is 7.07. The number of halogens is 2. The zero-order valence-electron chi connectivity index (χ0n) is 12.3. The van der Waals surface area contributed by atoms with E-state index < -0.39 is 0 Å². The summed E-state index contributed by atoms with van der Waals surface area (Å²) >= 11 is 11.8. The smallest absolute Gasteiger partial charge is 0.152 e. The molecule has 0 aliphatic heterocycles. The monoisotopic (exact) mass is 358 g/mol. The molecule has 120 valence electrons. The Morgan fingerprint density at radius 3 is 1.50 bits per heavy atom. The summed E-state index contributed by atoms with van der Waals surface area (Å²) in [6.07, 6.45) is 4.91. The summed E-state index contributed by atoms with van der Waals surface area (Å²) in [4.78, 5) is 27.0. The van der Waals surface area contributed by atoms with Gasteiger partial charge < -0.3 is 9.97 Å². The maximum Gasteiger partial charge on any atom is 0.152 e. The van der Waals surface area contributed by atoms with Crippen molar-refractivity contribution in [3.05, 3.63) is 70.0 Å². The van der Waals surface area contributed by atoms with Crippen LogP contribution in [0.25, 0.3) is 21.8 Å². The fraction of sp³-hybridized carbons (Fsp3) is 0. The molecule has 0 bridgehead atoms. The van der Waals surface area contributed by atoms with Crippen molar-refractivity contribution in [3.63, 3.8) is 0 Å². The predicted octanol–water partition coefficient (Wildman–Crippen LogP) is 5.27. The number of aromatic amines is 2. The van der Waals surface area contributed by atoms with E-state index in [0.29, 0.717) is 21.2 Å². The minimum atomic E-state index is 0.607. The third kappa shape index (κ3) is 2.94. The number of hydrogen-bond donors (Lipinski definition) is 2. The molecule has 2 N–H and O–H groups in total. The lowest BCUT2D eigenvalue weighted by Gasteiger charge is -1.92. The molecule has 0 saturated carbocycles. The first-order chi connectivity index (χ1) is 11.7. The van der Waals surface area contributed by atoms with Crippen molar-refractivity contribution in [2.24, 2.45) is 0 Å². The van der Waals surface area contributed by atoms with Gasteiger partial charge in [-0.25, -0.2) is 0 Å². The van der Waals surface area contributed by atoms with Gasteiger partial charge in [-0.2, -0.15) is 0 Å². The van der Waals surface area contributed by atoms with E-state index in [2.05, 4.69) is 9.97 Å². The summed E-state index contributed by atoms with van der Waals surface area (Å²) in [5.74, 6) is 0. The Morgan fingerprint density at radius 2 is 1.12 bits per heavy atom. The van der Waals surface area contributed by atoms with Crippen LogP contribution in [0.2, 0.25) is 10.0 Å². The fourth-order valence-corrected chi connectivity index (χ4v) is 3.08. The number of carbonyl (C=O) groups excluding carboxylic acids is 2. The van der Waals surface area contributed by atoms with Crippen LogP contribution in [0.5, 0.6) is 0 Å². The fourth-order valence-electron chi connectivity index (χ4n) is 2.52. The molecule has 0 atom stereocenters. The summed E-state index contributed by atoms with van der Waals surface area (Å²) in [5.41, 5.74) is 3.00. The molecule has 0 radical (unpaired) electrons. The van der Waals surface area contributed by atoms with Crippen molar-refractivity contribution in [1.82, 2.24) is 9.97 Å². The SMILES string of the molecule is O=Cc1c[nH]c2cccc(Cl)c12.O=Cc1c[nH]c2cccc(Cl)c12. The highest BCUT2D eigenvalue weighted by atomic mass is 35.5. The molecule has 0 fully saturated rings. The molecule has 0 aliphatic carbocycles. The molecule has 0 spiro atoms. The Bertz CT molecular complexity index is 950. The zero-order chi connectivity index (χ0) is 17.1. The molecule has 0 aliphatic rings. The van der Waals surface area contributed by atoms with Gasteiger partial charge in [-0.1, -0.05) is 35.3 Å². The summed E-state index contributed by atoms with van der Waals surface area (Å²) < 4.78 is 0. The topological polar surface area (TPSA) is 65.7 Å². The zero-order valence-corrected chi connectivity index (χ0v) is 13.9. The van der Waals surface area contributed by atoms with Crippen molar-refractivity contribution in [2.75, 3.05) is 0 Å². The van der Waals surface area contributed by atoms with Crippen LogP contribution in [0.15, 0.2) is 48.8 Å². The van der Waals surface area contributed by atoms with Crippen LogP contribution >= 0.6 is 23.2 Å². The number of benzene rings is 2. The van der Waals surface area contributed by atoms with Crippen molar-refractivity contribution in [1.29, 1.82) is 0 Å². The van der Waals surface area contributed by atoms with Gasteiger partial charge in [0.2, 0.25) is 0 Å². The van der Waals surface area contributed by atoms with Crippen LogP contribution in [-0.2, 0) is 0 Å². The first kappa shape index (κ1) is 16.3. The molecule has 2 aromatic heterocycles. The minimum Gasteiger partial charge on any atom is -0.360 e. The van der Waals surface area contributed by atoms with Gasteiger partial charge in [-0.15, -0.1) is 0 Å². The molecule has 0 saturated heterocycles. The van der Waals surface area contributed by atoms with Crippen molar-refractivity contribution < 1.29 is 9.59 Å². The Labute approximate surface area is 147 Å². The molecule has 4 nitrogen and oxygen atoms in total. The maximum atomic E-state index is 10.6. The number of aldehydes is 2. The van der Waals surface area contributed by atoms with Crippen molar-refractivity contribution in [3.8, 4) is 0 Å². The van der Waals surface area contributed by atoms with Gasteiger partial charge in [0.25, 0.3) is 0 Å². The van der Waals surface area contributed by atoms with Crippen molar-refractivity contribution >= 4 is 57.6 Å². The molecule has 24 heavy (non-hydrogen) atoms. The summed E-state index contributed by atoms with van der Waals surface area (Å²) in [6, 6.07) is 11.0. The van der Waals surface area contributed by atoms with Gasteiger partial charge in [-0.05, 0) is 24.3 Å². The lowest BCUT2D eigenvalue weighted by molar-refractivity contribution is 0.111. The molecule has 2 aromatic carbocycles. The maximum absolute atomic E-state index is 10.6. The van der Waals surface area contributed by atoms with Crippen LogP contribution in [0, 0.1) is 0 Å². The minimum absolute atomic E-state index is 0.607. The molecule has 4 rings (SSSR count). The number of rotatable bonds is 2. The van der Waals surface area contributed by atoms with Gasteiger partial charge in [0.1, 0.15) is 0 Å². The van der Waals surface area contributed by atoms with Gasteiger partial charge in [0.15, 0.2) is 12.6 Å². The van der Waals surface area contributed by atoms with E-state index in [1.165, 1.54) is 0 Å². The van der Waals surface area contributed by atoms with Crippen LogP contribution in [0.1, 0.15) is 20.7 Å². The van der Waals surface area contributed by atoms with Crippen LogP contribution in [-0.4, -0.2) is 22.5 Å². The highest BCUT2D eigenvalue weighted by molar-refractivity contribution is 6.36. The van der Waals surface area contributed by atoms with E-state index in [1.807, 2.05) is 24.3 Å². The molecule has 6 heteroatoms. The highest BCUT2D eigenvalue weighted by Crippen LogP contribution is 2.25. The van der Waals surface area contributed by atoms with Crippen LogP contribution in [0.4, 0.5) is 0 Å². The Kier molecular flexibility index (Phi) is 4.69. The molecule has 4 aromatic rings. The van der Waals surface area contributed by atoms with E-state index in [4.69, 9.17) is 23.2 Å². The van der Waals surface area contributed by atoms with E-state index in [-0.39, 0.29) is 0 Å². The number of nitrogens with one attached hydrogen (secondary N) is 2. The summed E-state index contributed by atoms with van der Waals surface area (Å²) in [7, 11) is 0. The third-order valence-corrected chi connectivity index (χ3v) is 4.25. The van der Waals surface area contributed by atoms with Gasteiger partial charge >= 0.3 is 0 Å². The Balaban J connectivity index is 0.000000141. The molecule has 2 heterocycles. The number of H-pyrrole nitrogens is 2. The molecular weight excluding hydrogens is 347 g/mol. The predicted molar refractivity (Wildman–Crippen MR) is 97.4 cm³/mol. The third-order valence-electron chi connectivity index (χ3n) is 3.62. The Morgan fingerprint density at radius 1 is 0.708 bits per heavy atom. The second-order valence-corrected chi connectivity index (χ2v) is 5.86. The van der Waals surface area contributed by atoms with Gasteiger partial charge in [0.05, 0.1) is 10.0 Å². The van der Waals surface area contributed by atoms with Crippen LogP contribution < -0.4 is 0 Å². The second kappa shape index (κ2) is 6.91. The average molecular weight is 359 g/mol. The largest absolute Gasteiger partial charge is 0.360 e.